The smallest absolute Gasteiger partial charge is 0.132 e. The fraction of sp³-hybridized carbons (Fsp3) is 0.615. The van der Waals surface area contributed by atoms with E-state index in [1.165, 1.54) is 0 Å². The molecule has 2 rings (SSSR count). The van der Waals surface area contributed by atoms with Crippen LogP contribution in [0.4, 0.5) is 11.6 Å². The minimum absolute atomic E-state index is 0.0625. The average Bonchev–Trinajstić information content (AvgIpc) is 2.38. The Morgan fingerprint density at radius 3 is 2.74 bits per heavy atom. The zero-order valence-corrected chi connectivity index (χ0v) is 13.5. The molecule has 5 nitrogen and oxygen atoms in total. The highest BCUT2D eigenvalue weighted by Gasteiger charge is 2.18. The molecule has 0 aliphatic carbocycles. The molecule has 2 N–H and O–H groups in total. The number of pyridine rings is 1. The van der Waals surface area contributed by atoms with E-state index < -0.39 is 0 Å². The van der Waals surface area contributed by atoms with Gasteiger partial charge in [-0.1, -0.05) is 0 Å². The molecule has 1 saturated heterocycles. The fourth-order valence-electron chi connectivity index (χ4n) is 1.89. The van der Waals surface area contributed by atoms with Crippen LogP contribution in [0.3, 0.4) is 0 Å². The SMILES string of the molecule is CC(C)(CO)Nc1cc(I)cc(N2CCOCC2)n1. The van der Waals surface area contributed by atoms with Gasteiger partial charge >= 0.3 is 0 Å². The van der Waals surface area contributed by atoms with Crippen LogP contribution in [-0.4, -0.2) is 48.5 Å². The molecular formula is C13H20IN3O2. The molecule has 0 radical (unpaired) electrons. The predicted molar refractivity (Wildman–Crippen MR) is 84.8 cm³/mol. The summed E-state index contributed by atoms with van der Waals surface area (Å²) >= 11 is 2.29. The van der Waals surface area contributed by atoms with E-state index in [0.717, 1.165) is 41.5 Å². The van der Waals surface area contributed by atoms with Crippen molar-refractivity contribution in [3.8, 4) is 0 Å². The molecule has 0 atom stereocenters. The Kier molecular flexibility index (Phi) is 4.86. The number of aliphatic hydroxyl groups excluding tert-OH is 1. The molecule has 6 heteroatoms. The number of rotatable bonds is 4. The zero-order valence-electron chi connectivity index (χ0n) is 11.3. The van der Waals surface area contributed by atoms with Gasteiger partial charge in [0, 0.05) is 16.7 Å². The van der Waals surface area contributed by atoms with Gasteiger partial charge in [-0.25, -0.2) is 4.98 Å². The van der Waals surface area contributed by atoms with Gasteiger partial charge in [-0.15, -0.1) is 0 Å². The first kappa shape index (κ1) is 14.8. The number of hydrogen-bond acceptors (Lipinski definition) is 5. The number of hydrogen-bond donors (Lipinski definition) is 2. The van der Waals surface area contributed by atoms with Crippen molar-refractivity contribution in [2.45, 2.75) is 19.4 Å². The van der Waals surface area contributed by atoms with Gasteiger partial charge in [0.15, 0.2) is 0 Å². The van der Waals surface area contributed by atoms with E-state index in [1.807, 2.05) is 19.9 Å². The quantitative estimate of drug-likeness (QED) is 0.783. The summed E-state index contributed by atoms with van der Waals surface area (Å²) in [6.45, 7) is 7.20. The Hall–Kier alpha value is -0.600. The summed E-state index contributed by atoms with van der Waals surface area (Å²) in [4.78, 5) is 6.86. The van der Waals surface area contributed by atoms with E-state index in [4.69, 9.17) is 4.74 Å². The minimum atomic E-state index is -0.375. The number of aromatic nitrogens is 1. The van der Waals surface area contributed by atoms with Crippen molar-refractivity contribution in [2.75, 3.05) is 43.1 Å². The second-order valence-electron chi connectivity index (χ2n) is 5.30. The second-order valence-corrected chi connectivity index (χ2v) is 6.54. The highest BCUT2D eigenvalue weighted by Crippen LogP contribution is 2.22. The molecule has 0 saturated carbocycles. The monoisotopic (exact) mass is 377 g/mol. The standard InChI is InChI=1S/C13H20IN3O2/c1-13(2,9-18)16-11-7-10(14)8-12(15-11)17-3-5-19-6-4-17/h7-8,18H,3-6,9H2,1-2H3,(H,15,16). The van der Waals surface area contributed by atoms with Crippen molar-refractivity contribution in [3.05, 3.63) is 15.7 Å². The third kappa shape index (κ3) is 4.19. The first-order valence-electron chi connectivity index (χ1n) is 6.39. The average molecular weight is 377 g/mol. The van der Waals surface area contributed by atoms with Crippen LogP contribution in [0.1, 0.15) is 13.8 Å². The summed E-state index contributed by atoms with van der Waals surface area (Å²) in [7, 11) is 0. The Morgan fingerprint density at radius 1 is 1.42 bits per heavy atom. The highest BCUT2D eigenvalue weighted by atomic mass is 127. The Labute approximate surface area is 127 Å². The maximum Gasteiger partial charge on any atom is 0.132 e. The van der Waals surface area contributed by atoms with Gasteiger partial charge in [0.1, 0.15) is 11.6 Å². The highest BCUT2D eigenvalue weighted by molar-refractivity contribution is 14.1. The molecule has 19 heavy (non-hydrogen) atoms. The van der Waals surface area contributed by atoms with Crippen LogP contribution < -0.4 is 10.2 Å². The third-order valence-electron chi connectivity index (χ3n) is 2.97. The maximum atomic E-state index is 9.32. The number of ether oxygens (including phenoxy) is 1. The number of nitrogens with zero attached hydrogens (tertiary/aromatic N) is 2. The normalized spacial score (nSPS) is 16.5. The maximum absolute atomic E-state index is 9.32. The molecule has 0 aromatic carbocycles. The van der Waals surface area contributed by atoms with Crippen molar-refractivity contribution >= 4 is 34.2 Å². The summed E-state index contributed by atoms with van der Waals surface area (Å²) in [6.07, 6.45) is 0. The Balaban J connectivity index is 2.19. The first-order valence-corrected chi connectivity index (χ1v) is 7.47. The minimum Gasteiger partial charge on any atom is -0.394 e. The molecule has 1 aliphatic heterocycles. The lowest BCUT2D eigenvalue weighted by atomic mass is 10.1. The first-order chi connectivity index (χ1) is 9.00. The molecule has 2 heterocycles. The molecule has 1 aliphatic rings. The number of halogens is 1. The molecule has 0 unspecified atom stereocenters. The molecule has 106 valence electrons. The molecule has 1 aromatic rings. The molecular weight excluding hydrogens is 357 g/mol. The zero-order chi connectivity index (χ0) is 13.9. The van der Waals surface area contributed by atoms with Crippen LogP contribution >= 0.6 is 22.6 Å². The number of morpholine rings is 1. The molecule has 1 aromatic heterocycles. The van der Waals surface area contributed by atoms with Gasteiger partial charge in [-0.05, 0) is 48.6 Å². The van der Waals surface area contributed by atoms with Crippen LogP contribution in [0.25, 0.3) is 0 Å². The molecule has 0 bridgehead atoms. The van der Waals surface area contributed by atoms with Crippen molar-refractivity contribution in [1.82, 2.24) is 4.98 Å². The van der Waals surface area contributed by atoms with Gasteiger partial charge < -0.3 is 20.1 Å². The third-order valence-corrected chi connectivity index (χ3v) is 3.60. The van der Waals surface area contributed by atoms with Crippen molar-refractivity contribution in [3.63, 3.8) is 0 Å². The van der Waals surface area contributed by atoms with Crippen LogP contribution in [0.15, 0.2) is 12.1 Å². The summed E-state index contributed by atoms with van der Waals surface area (Å²) < 4.78 is 6.49. The Morgan fingerprint density at radius 2 is 2.11 bits per heavy atom. The van der Waals surface area contributed by atoms with Crippen LogP contribution in [0.2, 0.25) is 0 Å². The lowest BCUT2D eigenvalue weighted by Crippen LogP contribution is -2.38. The van der Waals surface area contributed by atoms with Gasteiger partial charge in [0.2, 0.25) is 0 Å². The van der Waals surface area contributed by atoms with Crippen molar-refractivity contribution < 1.29 is 9.84 Å². The summed E-state index contributed by atoms with van der Waals surface area (Å²) in [5.41, 5.74) is -0.375. The molecule has 0 spiro atoms. The lowest BCUT2D eigenvalue weighted by molar-refractivity contribution is 0.122. The van der Waals surface area contributed by atoms with Gasteiger partial charge in [-0.2, -0.15) is 0 Å². The number of nitrogens with one attached hydrogen (secondary N) is 1. The van der Waals surface area contributed by atoms with E-state index in [2.05, 4.69) is 43.9 Å². The number of anilines is 2. The van der Waals surface area contributed by atoms with E-state index in [1.54, 1.807) is 0 Å². The van der Waals surface area contributed by atoms with Crippen molar-refractivity contribution in [1.29, 1.82) is 0 Å². The van der Waals surface area contributed by atoms with Crippen LogP contribution in [0.5, 0.6) is 0 Å². The lowest BCUT2D eigenvalue weighted by Gasteiger charge is -2.29. The van der Waals surface area contributed by atoms with Gasteiger partial charge in [-0.3, -0.25) is 0 Å². The summed E-state index contributed by atoms with van der Waals surface area (Å²) in [6, 6.07) is 4.06. The van der Waals surface area contributed by atoms with Gasteiger partial charge in [0.25, 0.3) is 0 Å². The fourth-order valence-corrected chi connectivity index (χ4v) is 2.46. The van der Waals surface area contributed by atoms with Crippen LogP contribution in [-0.2, 0) is 4.74 Å². The summed E-state index contributed by atoms with van der Waals surface area (Å²) in [5, 5.41) is 12.6. The molecule has 0 amide bonds. The second kappa shape index (κ2) is 6.23. The Bertz CT molecular complexity index is 434. The van der Waals surface area contributed by atoms with E-state index in [-0.39, 0.29) is 12.1 Å². The molecule has 1 fully saturated rings. The predicted octanol–water partition coefficient (Wildman–Crippen LogP) is 1.71. The topological polar surface area (TPSA) is 57.6 Å². The number of aliphatic hydroxyl groups is 1. The van der Waals surface area contributed by atoms with Crippen LogP contribution in [0, 0.1) is 3.57 Å². The summed E-state index contributed by atoms with van der Waals surface area (Å²) in [5.74, 6) is 1.76. The van der Waals surface area contributed by atoms with Crippen molar-refractivity contribution in [2.24, 2.45) is 0 Å². The van der Waals surface area contributed by atoms with Gasteiger partial charge in [0.05, 0.1) is 25.4 Å². The van der Waals surface area contributed by atoms with E-state index in [0.29, 0.717) is 0 Å². The largest absolute Gasteiger partial charge is 0.394 e. The van der Waals surface area contributed by atoms with E-state index >= 15 is 0 Å². The van der Waals surface area contributed by atoms with E-state index in [9.17, 15) is 5.11 Å².